The Balaban J connectivity index is 2.94. The van der Waals surface area contributed by atoms with E-state index in [0.29, 0.717) is 0 Å². The van der Waals surface area contributed by atoms with E-state index in [2.05, 4.69) is 25.3 Å². The normalized spacial score (nSPS) is 10.4. The minimum absolute atomic E-state index is 0.127. The van der Waals surface area contributed by atoms with Crippen LogP contribution in [0.5, 0.6) is 0 Å². The molecule has 1 heteroatoms. The van der Waals surface area contributed by atoms with Crippen LogP contribution in [0.3, 0.4) is 0 Å². The second kappa shape index (κ2) is 22.1. The Bertz CT molecular complexity index is 210. The molecule has 0 amide bonds. The number of hydrogen-bond donors (Lipinski definition) is 0. The van der Waals surface area contributed by atoms with Crippen molar-refractivity contribution in [2.45, 2.75) is 113 Å². The summed E-state index contributed by atoms with van der Waals surface area (Å²) in [5, 5.41) is 3.32. The Labute approximate surface area is 155 Å². The van der Waals surface area contributed by atoms with Crippen LogP contribution in [-0.4, -0.2) is 0 Å². The van der Waals surface area contributed by atoms with Gasteiger partial charge in [-0.1, -0.05) is 0 Å². The van der Waals surface area contributed by atoms with Crippen molar-refractivity contribution in [1.82, 2.24) is 0 Å². The molecule has 0 heterocycles. The molecule has 0 nitrogen and oxygen atoms in total. The molecular weight excluding hydrogens is 330 g/mol. The van der Waals surface area contributed by atoms with Crippen molar-refractivity contribution in [3.63, 3.8) is 0 Å². The van der Waals surface area contributed by atoms with Gasteiger partial charge in [-0.05, 0) is 0 Å². The summed E-state index contributed by atoms with van der Waals surface area (Å²) in [6.07, 6.45) is 27.0. The first-order chi connectivity index (χ1) is 11.4. The van der Waals surface area contributed by atoms with Gasteiger partial charge in [0, 0.05) is 0 Å². The van der Waals surface area contributed by atoms with Crippen molar-refractivity contribution in [2.24, 2.45) is 0 Å². The molecule has 132 valence electrons. The van der Waals surface area contributed by atoms with Gasteiger partial charge in [-0.3, -0.25) is 0 Å². The van der Waals surface area contributed by atoms with Gasteiger partial charge in [0.15, 0.2) is 0 Å². The van der Waals surface area contributed by atoms with Crippen LogP contribution in [0.15, 0.2) is 25.3 Å². The van der Waals surface area contributed by atoms with Gasteiger partial charge in [-0.25, -0.2) is 0 Å². The van der Waals surface area contributed by atoms with E-state index < -0.39 is 0 Å². The van der Waals surface area contributed by atoms with Crippen LogP contribution in [0, 0.1) is 0 Å². The molecule has 23 heavy (non-hydrogen) atoms. The average molecular weight is 372 g/mol. The van der Waals surface area contributed by atoms with Crippen LogP contribution in [0.1, 0.15) is 103 Å². The number of allylic oxidation sites excluding steroid dienone is 2. The quantitative estimate of drug-likeness (QED) is 0.114. The summed E-state index contributed by atoms with van der Waals surface area (Å²) >= 11 is -0.127. The van der Waals surface area contributed by atoms with Crippen molar-refractivity contribution in [3.8, 4) is 0 Å². The standard InChI is InChI=1S/2C11H21.Zn/c2*1-3-5-7-9-11-10-8-6-4-2;/h2*3H,1-2,4-11H2;. The third-order valence-electron chi connectivity index (χ3n) is 4.82. The molecule has 0 atom stereocenters. The zero-order valence-electron chi connectivity index (χ0n) is 16.0. The molecule has 0 fully saturated rings. The topological polar surface area (TPSA) is 0 Å². The van der Waals surface area contributed by atoms with Gasteiger partial charge in [0.05, 0.1) is 0 Å². The monoisotopic (exact) mass is 370 g/mol. The molecule has 0 aromatic carbocycles. The predicted octanol–water partition coefficient (Wildman–Crippen LogP) is 8.52. The summed E-state index contributed by atoms with van der Waals surface area (Å²) in [5.74, 6) is 0. The first-order valence-corrected chi connectivity index (χ1v) is 14.8. The first-order valence-electron chi connectivity index (χ1n) is 10.6. The van der Waals surface area contributed by atoms with Gasteiger partial charge >= 0.3 is 155 Å². The van der Waals surface area contributed by atoms with Gasteiger partial charge in [0.25, 0.3) is 0 Å². The molecule has 0 aliphatic heterocycles. The van der Waals surface area contributed by atoms with Crippen LogP contribution >= 0.6 is 0 Å². The number of rotatable bonds is 20. The maximum atomic E-state index is 3.78. The number of unbranched alkanes of at least 4 members (excludes halogenated alkanes) is 14. The Kier molecular flexibility index (Phi) is 22.2. The Morgan fingerprint density at radius 1 is 0.435 bits per heavy atom. The van der Waals surface area contributed by atoms with E-state index in [-0.39, 0.29) is 17.1 Å². The molecule has 0 aromatic rings. The van der Waals surface area contributed by atoms with E-state index in [4.69, 9.17) is 0 Å². The molecule has 0 spiro atoms. The summed E-state index contributed by atoms with van der Waals surface area (Å²) in [7, 11) is 0. The Morgan fingerprint density at radius 2 is 0.739 bits per heavy atom. The molecule has 0 aliphatic carbocycles. The Morgan fingerprint density at radius 3 is 1.09 bits per heavy atom. The van der Waals surface area contributed by atoms with Crippen LogP contribution < -0.4 is 0 Å². The molecule has 0 bridgehead atoms. The van der Waals surface area contributed by atoms with Gasteiger partial charge < -0.3 is 0 Å². The average Bonchev–Trinajstić information content (AvgIpc) is 2.57. The third kappa shape index (κ3) is 22.1. The van der Waals surface area contributed by atoms with E-state index in [1.807, 2.05) is 0 Å². The summed E-state index contributed by atoms with van der Waals surface area (Å²) < 4.78 is 0. The molecule has 0 aromatic heterocycles. The summed E-state index contributed by atoms with van der Waals surface area (Å²) in [4.78, 5) is 0. The third-order valence-corrected chi connectivity index (χ3v) is 9.01. The first kappa shape index (κ1) is 23.1. The summed E-state index contributed by atoms with van der Waals surface area (Å²) in [6.45, 7) is 7.56. The Hall–Kier alpha value is 0.103. The molecule has 0 aliphatic rings. The van der Waals surface area contributed by atoms with Gasteiger partial charge in [-0.15, -0.1) is 0 Å². The second-order valence-corrected chi connectivity index (χ2v) is 11.6. The van der Waals surface area contributed by atoms with Crippen LogP contribution in [-0.2, 0) is 17.1 Å². The van der Waals surface area contributed by atoms with Crippen molar-refractivity contribution >= 4 is 0 Å². The van der Waals surface area contributed by atoms with Crippen molar-refractivity contribution in [1.29, 1.82) is 0 Å². The fraction of sp³-hybridized carbons (Fsp3) is 0.818. The molecule has 0 saturated carbocycles. The molecule has 0 radical (unpaired) electrons. The fourth-order valence-corrected chi connectivity index (χ4v) is 6.94. The van der Waals surface area contributed by atoms with E-state index in [9.17, 15) is 0 Å². The van der Waals surface area contributed by atoms with Gasteiger partial charge in [0.1, 0.15) is 0 Å². The van der Waals surface area contributed by atoms with Crippen molar-refractivity contribution in [2.75, 3.05) is 0 Å². The zero-order valence-corrected chi connectivity index (χ0v) is 19.0. The van der Waals surface area contributed by atoms with Gasteiger partial charge in [-0.2, -0.15) is 0 Å². The number of hydrogen-bond acceptors (Lipinski definition) is 0. The fourth-order valence-electron chi connectivity index (χ4n) is 3.23. The van der Waals surface area contributed by atoms with Crippen molar-refractivity contribution < 1.29 is 17.1 Å². The van der Waals surface area contributed by atoms with E-state index in [0.717, 1.165) is 0 Å². The van der Waals surface area contributed by atoms with Gasteiger partial charge in [0.2, 0.25) is 0 Å². The van der Waals surface area contributed by atoms with Crippen molar-refractivity contribution in [3.05, 3.63) is 25.3 Å². The van der Waals surface area contributed by atoms with E-state index in [1.165, 1.54) is 89.9 Å². The molecule has 0 unspecified atom stereocenters. The maximum absolute atomic E-state index is 3.78. The molecule has 0 N–H and O–H groups in total. The zero-order chi connectivity index (χ0) is 16.8. The minimum atomic E-state index is -0.127. The van der Waals surface area contributed by atoms with Crippen LogP contribution in [0.4, 0.5) is 0 Å². The van der Waals surface area contributed by atoms with Crippen LogP contribution in [0.25, 0.3) is 0 Å². The van der Waals surface area contributed by atoms with E-state index >= 15 is 0 Å². The SMILES string of the molecule is C=CCCCCCCCC[CH2][Zn][CH2]CCCCCCCCC=C. The van der Waals surface area contributed by atoms with E-state index in [1.54, 1.807) is 22.9 Å². The predicted molar refractivity (Wildman–Crippen MR) is 104 cm³/mol. The summed E-state index contributed by atoms with van der Waals surface area (Å²) in [5.41, 5.74) is 0. The molecule has 0 rings (SSSR count). The molecule has 0 saturated heterocycles. The summed E-state index contributed by atoms with van der Waals surface area (Å²) in [6, 6.07) is 0. The second-order valence-electron chi connectivity index (χ2n) is 7.17. The molecular formula is C22H42Zn. The van der Waals surface area contributed by atoms with Crippen LogP contribution in [0.2, 0.25) is 10.0 Å².